The zero-order valence-corrected chi connectivity index (χ0v) is 15.3. The van der Waals surface area contributed by atoms with Crippen molar-refractivity contribution in [3.8, 4) is 0 Å². The average Bonchev–Trinajstić information content (AvgIpc) is 2.68. The number of carbonyl (C=O) groups excluding carboxylic acids is 4. The monoisotopic (exact) mass is 356 g/mol. The van der Waals surface area contributed by atoms with Crippen LogP contribution < -0.4 is 0 Å². The van der Waals surface area contributed by atoms with Crippen LogP contribution in [0.3, 0.4) is 0 Å². The van der Waals surface area contributed by atoms with E-state index in [1.54, 1.807) is 6.92 Å². The summed E-state index contributed by atoms with van der Waals surface area (Å²) >= 11 is 0. The van der Waals surface area contributed by atoms with Crippen molar-refractivity contribution in [1.82, 2.24) is 0 Å². The van der Waals surface area contributed by atoms with Gasteiger partial charge in [0.05, 0.1) is 26.7 Å². The molecule has 0 spiro atoms. The van der Waals surface area contributed by atoms with Gasteiger partial charge in [0.15, 0.2) is 5.78 Å². The predicted octanol–water partition coefficient (Wildman–Crippen LogP) is 2.20. The Morgan fingerprint density at radius 1 is 1.08 bits per heavy atom. The van der Waals surface area contributed by atoms with Crippen molar-refractivity contribution >= 4 is 23.7 Å². The number of hydrogen-bond acceptors (Lipinski definition) is 7. The Balaban J connectivity index is 3.31. The second-order valence-electron chi connectivity index (χ2n) is 6.22. The van der Waals surface area contributed by atoms with Gasteiger partial charge < -0.3 is 14.2 Å². The minimum atomic E-state index is -1.70. The Hall–Kier alpha value is -1.92. The molecule has 0 aromatic carbocycles. The second-order valence-corrected chi connectivity index (χ2v) is 6.22. The molecule has 142 valence electrons. The molecular formula is C18H28O7. The molecule has 0 bridgehead atoms. The molecule has 0 N–H and O–H groups in total. The van der Waals surface area contributed by atoms with Crippen molar-refractivity contribution in [2.24, 2.45) is 11.3 Å². The average molecular weight is 356 g/mol. The lowest BCUT2D eigenvalue weighted by molar-refractivity contribution is -0.173. The number of Topliss-reactive ketones (excluding diaryl/α,β-unsaturated/α-hetero) is 1. The normalized spacial score (nSPS) is 24.4. The summed E-state index contributed by atoms with van der Waals surface area (Å²) in [6, 6.07) is 0. The van der Waals surface area contributed by atoms with Crippen LogP contribution in [-0.4, -0.2) is 44.5 Å². The van der Waals surface area contributed by atoms with Gasteiger partial charge >= 0.3 is 17.9 Å². The lowest BCUT2D eigenvalue weighted by Gasteiger charge is -2.35. The molecule has 0 unspecified atom stereocenters. The standard InChI is InChI=1S/C18H28O7/c1-4-25-15(20)11-12-18(17(22)24-3)13(16(21)23-2)9-7-5-6-8-10-14(18)19/h13H,4-12H2,1-3H3/t13-,18-/m1/s1. The van der Waals surface area contributed by atoms with E-state index in [-0.39, 0.29) is 31.7 Å². The van der Waals surface area contributed by atoms with Crippen molar-refractivity contribution in [2.45, 2.75) is 58.3 Å². The van der Waals surface area contributed by atoms with E-state index in [1.807, 2.05) is 0 Å². The van der Waals surface area contributed by atoms with Crippen LogP contribution in [0.15, 0.2) is 0 Å². The zero-order chi connectivity index (χ0) is 18.9. The summed E-state index contributed by atoms with van der Waals surface area (Å²) in [6.45, 7) is 1.88. The Morgan fingerprint density at radius 3 is 2.36 bits per heavy atom. The summed E-state index contributed by atoms with van der Waals surface area (Å²) in [6.07, 6.45) is 3.34. The van der Waals surface area contributed by atoms with Crippen molar-refractivity contribution in [3.63, 3.8) is 0 Å². The summed E-state index contributed by atoms with van der Waals surface area (Å²) in [5, 5.41) is 0. The maximum Gasteiger partial charge on any atom is 0.320 e. The number of carbonyl (C=O) groups is 4. The molecule has 1 rings (SSSR count). The summed E-state index contributed by atoms with van der Waals surface area (Å²) < 4.78 is 14.7. The first-order valence-electron chi connectivity index (χ1n) is 8.79. The molecule has 0 radical (unpaired) electrons. The molecule has 0 aromatic heterocycles. The van der Waals surface area contributed by atoms with Gasteiger partial charge in [-0.2, -0.15) is 0 Å². The fourth-order valence-electron chi connectivity index (χ4n) is 3.50. The third-order valence-electron chi connectivity index (χ3n) is 4.80. The van der Waals surface area contributed by atoms with Crippen LogP contribution in [0.2, 0.25) is 0 Å². The van der Waals surface area contributed by atoms with Gasteiger partial charge in [0, 0.05) is 12.8 Å². The third kappa shape index (κ3) is 5.03. The Morgan fingerprint density at radius 2 is 1.76 bits per heavy atom. The summed E-state index contributed by atoms with van der Waals surface area (Å²) in [7, 11) is 2.41. The summed E-state index contributed by atoms with van der Waals surface area (Å²) in [5.74, 6) is -3.23. The second kappa shape index (κ2) is 10.2. The lowest BCUT2D eigenvalue weighted by Crippen LogP contribution is -2.50. The molecule has 0 heterocycles. The van der Waals surface area contributed by atoms with Crippen LogP contribution in [-0.2, 0) is 33.4 Å². The lowest BCUT2D eigenvalue weighted by atomic mass is 9.66. The van der Waals surface area contributed by atoms with Gasteiger partial charge in [-0.15, -0.1) is 0 Å². The van der Waals surface area contributed by atoms with Crippen molar-refractivity contribution in [2.75, 3.05) is 20.8 Å². The number of hydrogen-bond donors (Lipinski definition) is 0. The van der Waals surface area contributed by atoms with E-state index in [2.05, 4.69) is 0 Å². The first-order chi connectivity index (χ1) is 11.9. The van der Waals surface area contributed by atoms with Crippen LogP contribution in [0.25, 0.3) is 0 Å². The van der Waals surface area contributed by atoms with Gasteiger partial charge in [-0.3, -0.25) is 19.2 Å². The summed E-state index contributed by atoms with van der Waals surface area (Å²) in [5.41, 5.74) is -1.70. The van der Waals surface area contributed by atoms with E-state index in [0.717, 1.165) is 12.8 Å². The molecular weight excluding hydrogens is 328 g/mol. The molecule has 0 aliphatic heterocycles. The molecule has 0 saturated heterocycles. The highest BCUT2D eigenvalue weighted by Crippen LogP contribution is 2.42. The van der Waals surface area contributed by atoms with Gasteiger partial charge in [0.1, 0.15) is 5.41 Å². The molecule has 7 nitrogen and oxygen atoms in total. The van der Waals surface area contributed by atoms with Crippen molar-refractivity contribution in [1.29, 1.82) is 0 Å². The zero-order valence-electron chi connectivity index (χ0n) is 15.3. The number of esters is 3. The first-order valence-corrected chi connectivity index (χ1v) is 8.79. The maximum absolute atomic E-state index is 13.0. The number of methoxy groups -OCH3 is 2. The SMILES string of the molecule is CCOC(=O)CC[C@]1(C(=O)OC)C(=O)CCCCCC[C@@H]1C(=O)OC. The quantitative estimate of drug-likeness (QED) is 0.409. The van der Waals surface area contributed by atoms with E-state index in [4.69, 9.17) is 14.2 Å². The Labute approximate surface area is 148 Å². The van der Waals surface area contributed by atoms with E-state index >= 15 is 0 Å². The molecule has 1 saturated carbocycles. The van der Waals surface area contributed by atoms with Crippen LogP contribution >= 0.6 is 0 Å². The van der Waals surface area contributed by atoms with Crippen LogP contribution in [0.4, 0.5) is 0 Å². The van der Waals surface area contributed by atoms with Gasteiger partial charge in [-0.1, -0.05) is 19.3 Å². The van der Waals surface area contributed by atoms with E-state index < -0.39 is 29.2 Å². The molecule has 2 atom stereocenters. The fourth-order valence-corrected chi connectivity index (χ4v) is 3.50. The van der Waals surface area contributed by atoms with Crippen LogP contribution in [0.1, 0.15) is 58.3 Å². The minimum Gasteiger partial charge on any atom is -0.469 e. The van der Waals surface area contributed by atoms with Crippen LogP contribution in [0, 0.1) is 11.3 Å². The molecule has 1 aliphatic carbocycles. The maximum atomic E-state index is 13.0. The molecule has 1 aliphatic rings. The molecule has 0 amide bonds. The third-order valence-corrected chi connectivity index (χ3v) is 4.80. The van der Waals surface area contributed by atoms with Gasteiger partial charge in [-0.25, -0.2) is 0 Å². The van der Waals surface area contributed by atoms with Crippen molar-refractivity contribution in [3.05, 3.63) is 0 Å². The smallest absolute Gasteiger partial charge is 0.320 e. The minimum absolute atomic E-state index is 0.114. The van der Waals surface area contributed by atoms with Gasteiger partial charge in [0.2, 0.25) is 0 Å². The Kier molecular flexibility index (Phi) is 8.58. The first kappa shape index (κ1) is 21.1. The van der Waals surface area contributed by atoms with E-state index in [9.17, 15) is 19.2 Å². The van der Waals surface area contributed by atoms with Crippen molar-refractivity contribution < 1.29 is 33.4 Å². The highest BCUT2D eigenvalue weighted by atomic mass is 16.5. The van der Waals surface area contributed by atoms with E-state index in [1.165, 1.54) is 14.2 Å². The highest BCUT2D eigenvalue weighted by molar-refractivity contribution is 6.07. The fraction of sp³-hybridized carbons (Fsp3) is 0.778. The van der Waals surface area contributed by atoms with Gasteiger partial charge in [0.25, 0.3) is 0 Å². The molecule has 7 heteroatoms. The van der Waals surface area contributed by atoms with E-state index in [0.29, 0.717) is 19.3 Å². The van der Waals surface area contributed by atoms with Gasteiger partial charge in [-0.05, 0) is 26.2 Å². The highest BCUT2D eigenvalue weighted by Gasteiger charge is 2.55. The van der Waals surface area contributed by atoms with Crippen LogP contribution in [0.5, 0.6) is 0 Å². The summed E-state index contributed by atoms with van der Waals surface area (Å²) in [4.78, 5) is 49.9. The molecule has 0 aromatic rings. The number of rotatable bonds is 6. The predicted molar refractivity (Wildman–Crippen MR) is 88.5 cm³/mol. The number of ketones is 1. The number of ether oxygens (including phenoxy) is 3. The largest absolute Gasteiger partial charge is 0.469 e. The Bertz CT molecular complexity index is 500. The topological polar surface area (TPSA) is 96.0 Å². The molecule has 25 heavy (non-hydrogen) atoms. The molecule has 1 fully saturated rings.